The standard InChI is InChI=1S/C10H18O3/c1-7-4-5-8(6-12-2)10(13-3)9(7)11/h4-5,7-11H,6H2,1-3H3/t7-,8-,9+,10+/m1/s1. The van der Waals surface area contributed by atoms with Gasteiger partial charge in [-0.2, -0.15) is 0 Å². The van der Waals surface area contributed by atoms with Gasteiger partial charge in [-0.05, 0) is 0 Å². The Morgan fingerprint density at radius 3 is 2.54 bits per heavy atom. The van der Waals surface area contributed by atoms with E-state index >= 15 is 0 Å². The second-order valence-electron chi connectivity index (χ2n) is 3.55. The quantitative estimate of drug-likeness (QED) is 0.663. The van der Waals surface area contributed by atoms with Crippen LogP contribution in [0, 0.1) is 11.8 Å². The number of methoxy groups -OCH3 is 2. The zero-order valence-corrected chi connectivity index (χ0v) is 8.43. The Morgan fingerprint density at radius 1 is 1.31 bits per heavy atom. The molecule has 0 aliphatic heterocycles. The summed E-state index contributed by atoms with van der Waals surface area (Å²) in [6, 6.07) is 0. The summed E-state index contributed by atoms with van der Waals surface area (Å²) in [5.41, 5.74) is 0. The van der Waals surface area contributed by atoms with Crippen LogP contribution in [0.4, 0.5) is 0 Å². The topological polar surface area (TPSA) is 38.7 Å². The molecule has 0 fully saturated rings. The van der Waals surface area contributed by atoms with Crippen LogP contribution in [0.3, 0.4) is 0 Å². The van der Waals surface area contributed by atoms with Gasteiger partial charge in [0.2, 0.25) is 0 Å². The van der Waals surface area contributed by atoms with Crippen molar-refractivity contribution in [1.82, 2.24) is 0 Å². The first kappa shape index (κ1) is 10.7. The van der Waals surface area contributed by atoms with Crippen LogP contribution in [0.15, 0.2) is 12.2 Å². The van der Waals surface area contributed by atoms with Crippen LogP contribution in [0.5, 0.6) is 0 Å². The molecule has 1 N–H and O–H groups in total. The first-order valence-corrected chi connectivity index (χ1v) is 4.58. The maximum Gasteiger partial charge on any atom is 0.0920 e. The summed E-state index contributed by atoms with van der Waals surface area (Å²) in [5, 5.41) is 9.80. The third-order valence-corrected chi connectivity index (χ3v) is 2.59. The van der Waals surface area contributed by atoms with Crippen LogP contribution in [0.2, 0.25) is 0 Å². The first-order valence-electron chi connectivity index (χ1n) is 4.58. The van der Waals surface area contributed by atoms with E-state index in [0.29, 0.717) is 6.61 Å². The summed E-state index contributed by atoms with van der Waals surface area (Å²) in [7, 11) is 3.29. The van der Waals surface area contributed by atoms with E-state index in [1.807, 2.05) is 13.0 Å². The summed E-state index contributed by atoms with van der Waals surface area (Å²) >= 11 is 0. The fourth-order valence-electron chi connectivity index (χ4n) is 1.75. The second-order valence-corrected chi connectivity index (χ2v) is 3.55. The average molecular weight is 186 g/mol. The Balaban J connectivity index is 2.67. The van der Waals surface area contributed by atoms with Crippen molar-refractivity contribution in [3.05, 3.63) is 12.2 Å². The highest BCUT2D eigenvalue weighted by molar-refractivity contribution is 5.05. The van der Waals surface area contributed by atoms with Gasteiger partial charge < -0.3 is 14.6 Å². The zero-order chi connectivity index (χ0) is 9.84. The van der Waals surface area contributed by atoms with Crippen LogP contribution in [0.1, 0.15) is 6.92 Å². The smallest absolute Gasteiger partial charge is 0.0920 e. The van der Waals surface area contributed by atoms with Gasteiger partial charge in [0, 0.05) is 26.1 Å². The van der Waals surface area contributed by atoms with E-state index in [0.717, 1.165) is 0 Å². The summed E-state index contributed by atoms with van der Waals surface area (Å²) in [6.07, 6.45) is 3.52. The number of aliphatic hydroxyl groups is 1. The van der Waals surface area contributed by atoms with Crippen molar-refractivity contribution in [3.63, 3.8) is 0 Å². The van der Waals surface area contributed by atoms with Crippen LogP contribution in [0.25, 0.3) is 0 Å². The molecule has 0 saturated heterocycles. The molecule has 1 rings (SSSR count). The molecular weight excluding hydrogens is 168 g/mol. The molecule has 0 aromatic carbocycles. The lowest BCUT2D eigenvalue weighted by atomic mass is 9.84. The summed E-state index contributed by atoms with van der Waals surface area (Å²) in [5.74, 6) is 0.333. The average Bonchev–Trinajstić information content (AvgIpc) is 2.12. The highest BCUT2D eigenvalue weighted by Crippen LogP contribution is 2.25. The van der Waals surface area contributed by atoms with Gasteiger partial charge >= 0.3 is 0 Å². The van der Waals surface area contributed by atoms with Gasteiger partial charge in [-0.25, -0.2) is 0 Å². The number of aliphatic hydroxyl groups excluding tert-OH is 1. The fraction of sp³-hybridized carbons (Fsp3) is 0.800. The Labute approximate surface area is 79.3 Å². The van der Waals surface area contributed by atoms with E-state index in [1.165, 1.54) is 0 Å². The SMILES string of the molecule is COC[C@H]1C=C[C@@H](C)[C@H](O)[C@H]1OC. The number of ether oxygens (including phenoxy) is 2. The minimum Gasteiger partial charge on any atom is -0.390 e. The predicted octanol–water partition coefficient (Wildman–Crippen LogP) is 0.831. The van der Waals surface area contributed by atoms with Gasteiger partial charge in [0.1, 0.15) is 0 Å². The molecule has 0 heterocycles. The van der Waals surface area contributed by atoms with Gasteiger partial charge in [-0.15, -0.1) is 0 Å². The molecule has 0 amide bonds. The molecule has 0 bridgehead atoms. The molecule has 0 aromatic heterocycles. The van der Waals surface area contributed by atoms with Crippen molar-refractivity contribution in [2.24, 2.45) is 11.8 Å². The van der Waals surface area contributed by atoms with Crippen molar-refractivity contribution in [2.75, 3.05) is 20.8 Å². The third kappa shape index (κ3) is 2.30. The van der Waals surface area contributed by atoms with Gasteiger partial charge in [0.25, 0.3) is 0 Å². The minimum atomic E-state index is -0.421. The van der Waals surface area contributed by atoms with Crippen molar-refractivity contribution >= 4 is 0 Å². The van der Waals surface area contributed by atoms with Crippen LogP contribution in [-0.4, -0.2) is 38.1 Å². The lowest BCUT2D eigenvalue weighted by Gasteiger charge is -2.33. The van der Waals surface area contributed by atoms with Crippen LogP contribution >= 0.6 is 0 Å². The summed E-state index contributed by atoms with van der Waals surface area (Å²) in [4.78, 5) is 0. The molecule has 0 aromatic rings. The van der Waals surface area contributed by atoms with Crippen LogP contribution in [-0.2, 0) is 9.47 Å². The Hall–Kier alpha value is -0.380. The molecule has 0 saturated carbocycles. The molecule has 1 aliphatic rings. The van der Waals surface area contributed by atoms with Gasteiger partial charge in [-0.1, -0.05) is 19.1 Å². The summed E-state index contributed by atoms with van der Waals surface area (Å²) in [6.45, 7) is 2.58. The zero-order valence-electron chi connectivity index (χ0n) is 8.43. The lowest BCUT2D eigenvalue weighted by Crippen LogP contribution is -2.42. The van der Waals surface area contributed by atoms with E-state index in [4.69, 9.17) is 9.47 Å². The van der Waals surface area contributed by atoms with E-state index < -0.39 is 6.10 Å². The monoisotopic (exact) mass is 186 g/mol. The number of hydrogen-bond acceptors (Lipinski definition) is 3. The highest BCUT2D eigenvalue weighted by Gasteiger charge is 2.32. The lowest BCUT2D eigenvalue weighted by molar-refractivity contribution is -0.0691. The highest BCUT2D eigenvalue weighted by atomic mass is 16.5. The Bertz CT molecular complexity index is 179. The maximum atomic E-state index is 9.80. The molecule has 3 nitrogen and oxygen atoms in total. The van der Waals surface area contributed by atoms with E-state index in [9.17, 15) is 5.11 Å². The van der Waals surface area contributed by atoms with Gasteiger partial charge in [0.15, 0.2) is 0 Å². The number of rotatable bonds is 3. The van der Waals surface area contributed by atoms with Crippen molar-refractivity contribution in [3.8, 4) is 0 Å². The normalized spacial score (nSPS) is 39.4. The van der Waals surface area contributed by atoms with E-state index in [1.54, 1.807) is 14.2 Å². The largest absolute Gasteiger partial charge is 0.390 e. The third-order valence-electron chi connectivity index (χ3n) is 2.59. The molecule has 0 unspecified atom stereocenters. The van der Waals surface area contributed by atoms with E-state index in [-0.39, 0.29) is 17.9 Å². The van der Waals surface area contributed by atoms with E-state index in [2.05, 4.69) is 6.08 Å². The predicted molar refractivity (Wildman–Crippen MR) is 50.5 cm³/mol. The molecule has 0 spiro atoms. The minimum absolute atomic E-state index is 0.139. The molecule has 76 valence electrons. The van der Waals surface area contributed by atoms with Crippen molar-refractivity contribution in [1.29, 1.82) is 0 Å². The summed E-state index contributed by atoms with van der Waals surface area (Å²) < 4.78 is 10.3. The van der Waals surface area contributed by atoms with Crippen LogP contribution < -0.4 is 0 Å². The Kier molecular flexibility index (Phi) is 3.90. The molecule has 4 atom stereocenters. The second kappa shape index (κ2) is 4.74. The fourth-order valence-corrected chi connectivity index (χ4v) is 1.75. The molecular formula is C10H18O3. The Morgan fingerprint density at radius 2 is 2.00 bits per heavy atom. The first-order chi connectivity index (χ1) is 6.20. The molecule has 13 heavy (non-hydrogen) atoms. The number of hydrogen-bond donors (Lipinski definition) is 1. The molecule has 0 radical (unpaired) electrons. The molecule has 3 heteroatoms. The van der Waals surface area contributed by atoms with Gasteiger partial charge in [-0.3, -0.25) is 0 Å². The molecule has 1 aliphatic carbocycles. The van der Waals surface area contributed by atoms with Crippen molar-refractivity contribution in [2.45, 2.75) is 19.1 Å². The van der Waals surface area contributed by atoms with Crippen molar-refractivity contribution < 1.29 is 14.6 Å². The maximum absolute atomic E-state index is 9.80. The van der Waals surface area contributed by atoms with Gasteiger partial charge in [0.05, 0.1) is 18.8 Å².